The number of hydrogen-bond acceptors (Lipinski definition) is 2. The van der Waals surface area contributed by atoms with Crippen LogP contribution in [-0.4, -0.2) is 11.8 Å². The van der Waals surface area contributed by atoms with Crippen molar-refractivity contribution in [3.8, 4) is 0 Å². The standard InChI is InChI=1S/C17H19FN2O2/c1-2-16(21)20-15-11-13(8-9-14(15)18)19-17(22)10-12-6-4-3-5-7-12/h2,6,8-9,11H,1,3-5,7,10H2,(H,19,22)(H,20,21). The molecule has 0 aromatic heterocycles. The SMILES string of the molecule is C=CC(=O)Nc1cc(NC(=O)CC2=CCCCC2)ccc1F. The lowest BCUT2D eigenvalue weighted by molar-refractivity contribution is -0.115. The first-order chi connectivity index (χ1) is 10.6. The van der Waals surface area contributed by atoms with Gasteiger partial charge in [0.05, 0.1) is 5.69 Å². The minimum atomic E-state index is -0.566. The van der Waals surface area contributed by atoms with Crippen molar-refractivity contribution in [1.82, 2.24) is 0 Å². The van der Waals surface area contributed by atoms with Gasteiger partial charge >= 0.3 is 0 Å². The Hall–Kier alpha value is -2.43. The van der Waals surface area contributed by atoms with Crippen LogP contribution in [-0.2, 0) is 9.59 Å². The van der Waals surface area contributed by atoms with Crippen molar-refractivity contribution < 1.29 is 14.0 Å². The number of hydrogen-bond donors (Lipinski definition) is 2. The van der Waals surface area contributed by atoms with Crippen molar-refractivity contribution in [3.63, 3.8) is 0 Å². The fourth-order valence-corrected chi connectivity index (χ4v) is 2.36. The lowest BCUT2D eigenvalue weighted by Gasteiger charge is -2.13. The number of carbonyl (C=O) groups is 2. The third-order valence-corrected chi connectivity index (χ3v) is 3.47. The summed E-state index contributed by atoms with van der Waals surface area (Å²) >= 11 is 0. The Morgan fingerprint density at radius 1 is 1.27 bits per heavy atom. The molecule has 4 nitrogen and oxygen atoms in total. The zero-order valence-corrected chi connectivity index (χ0v) is 12.3. The normalized spacial score (nSPS) is 14.0. The molecule has 2 amide bonds. The van der Waals surface area contributed by atoms with E-state index in [4.69, 9.17) is 0 Å². The van der Waals surface area contributed by atoms with Gasteiger partial charge in [-0.2, -0.15) is 0 Å². The van der Waals surface area contributed by atoms with Crippen LogP contribution in [0.4, 0.5) is 15.8 Å². The molecular weight excluding hydrogens is 283 g/mol. The van der Waals surface area contributed by atoms with Gasteiger partial charge in [0.2, 0.25) is 11.8 Å². The summed E-state index contributed by atoms with van der Waals surface area (Å²) in [4.78, 5) is 23.2. The molecule has 0 heterocycles. The second-order valence-corrected chi connectivity index (χ2v) is 5.22. The molecule has 0 radical (unpaired) electrons. The molecule has 0 aliphatic heterocycles. The van der Waals surface area contributed by atoms with E-state index in [-0.39, 0.29) is 11.6 Å². The quantitative estimate of drug-likeness (QED) is 0.642. The number of amides is 2. The predicted octanol–water partition coefficient (Wildman–Crippen LogP) is 3.78. The van der Waals surface area contributed by atoms with Crippen LogP contribution in [0.2, 0.25) is 0 Å². The van der Waals surface area contributed by atoms with Crippen molar-refractivity contribution in [2.75, 3.05) is 10.6 Å². The number of nitrogens with one attached hydrogen (secondary N) is 2. The molecule has 0 saturated heterocycles. The maximum atomic E-state index is 13.6. The van der Waals surface area contributed by atoms with Crippen LogP contribution in [0.3, 0.4) is 0 Å². The van der Waals surface area contributed by atoms with E-state index in [0.717, 1.165) is 30.9 Å². The highest BCUT2D eigenvalue weighted by Crippen LogP contribution is 2.22. The van der Waals surface area contributed by atoms with Crippen molar-refractivity contribution in [2.24, 2.45) is 0 Å². The molecular formula is C17H19FN2O2. The van der Waals surface area contributed by atoms with Gasteiger partial charge in [-0.15, -0.1) is 0 Å². The molecule has 1 aromatic rings. The Morgan fingerprint density at radius 2 is 2.09 bits per heavy atom. The number of halogens is 1. The molecule has 1 aromatic carbocycles. The highest BCUT2D eigenvalue weighted by atomic mass is 19.1. The summed E-state index contributed by atoms with van der Waals surface area (Å²) in [6, 6.07) is 4.06. The summed E-state index contributed by atoms with van der Waals surface area (Å²) in [5.41, 5.74) is 1.60. The maximum absolute atomic E-state index is 13.6. The van der Waals surface area contributed by atoms with E-state index in [1.165, 1.54) is 24.6 Å². The first kappa shape index (κ1) is 15.9. The molecule has 0 bridgehead atoms. The first-order valence-corrected chi connectivity index (χ1v) is 7.29. The minimum Gasteiger partial charge on any atom is -0.326 e. The van der Waals surface area contributed by atoms with Crippen molar-refractivity contribution in [3.05, 3.63) is 48.3 Å². The average molecular weight is 302 g/mol. The lowest BCUT2D eigenvalue weighted by atomic mass is 9.97. The van der Waals surface area contributed by atoms with Gasteiger partial charge in [0.15, 0.2) is 0 Å². The Labute approximate surface area is 129 Å². The van der Waals surface area contributed by atoms with E-state index in [0.29, 0.717) is 12.1 Å². The van der Waals surface area contributed by atoms with Gasteiger partial charge in [-0.05, 0) is 50.0 Å². The molecule has 1 aliphatic rings. The van der Waals surface area contributed by atoms with Gasteiger partial charge < -0.3 is 10.6 Å². The average Bonchev–Trinajstić information content (AvgIpc) is 2.51. The Morgan fingerprint density at radius 3 is 2.77 bits per heavy atom. The fraction of sp³-hybridized carbons (Fsp3) is 0.294. The van der Waals surface area contributed by atoms with Gasteiger partial charge in [0.25, 0.3) is 0 Å². The first-order valence-electron chi connectivity index (χ1n) is 7.29. The van der Waals surface area contributed by atoms with Crippen LogP contribution in [0.1, 0.15) is 32.1 Å². The van der Waals surface area contributed by atoms with E-state index in [1.807, 2.05) is 0 Å². The summed E-state index contributed by atoms with van der Waals surface area (Å²) < 4.78 is 13.6. The second kappa shape index (κ2) is 7.54. The van der Waals surface area contributed by atoms with E-state index < -0.39 is 11.7 Å². The van der Waals surface area contributed by atoms with Crippen molar-refractivity contribution in [1.29, 1.82) is 0 Å². The molecule has 0 unspecified atom stereocenters. The van der Waals surface area contributed by atoms with E-state index in [1.54, 1.807) is 0 Å². The topological polar surface area (TPSA) is 58.2 Å². The van der Waals surface area contributed by atoms with Gasteiger partial charge in [0, 0.05) is 12.1 Å². The summed E-state index contributed by atoms with van der Waals surface area (Å²) in [6.07, 6.45) is 7.80. The highest BCUT2D eigenvalue weighted by molar-refractivity contribution is 6.00. The second-order valence-electron chi connectivity index (χ2n) is 5.22. The Bertz CT molecular complexity index is 623. The maximum Gasteiger partial charge on any atom is 0.247 e. The largest absolute Gasteiger partial charge is 0.326 e. The van der Waals surface area contributed by atoms with Crippen LogP contribution in [0.5, 0.6) is 0 Å². The Kier molecular flexibility index (Phi) is 5.47. The molecule has 2 rings (SSSR count). The van der Waals surface area contributed by atoms with Gasteiger partial charge in [-0.1, -0.05) is 18.2 Å². The van der Waals surface area contributed by atoms with Crippen LogP contribution in [0.25, 0.3) is 0 Å². The summed E-state index contributed by atoms with van der Waals surface area (Å²) in [5, 5.41) is 5.08. The summed E-state index contributed by atoms with van der Waals surface area (Å²) in [5.74, 6) is -1.21. The number of allylic oxidation sites excluding steroid dienone is 1. The van der Waals surface area contributed by atoms with E-state index >= 15 is 0 Å². The Balaban J connectivity index is 2.01. The van der Waals surface area contributed by atoms with Gasteiger partial charge in [-0.25, -0.2) is 4.39 Å². The molecule has 1 aliphatic carbocycles. The third-order valence-electron chi connectivity index (χ3n) is 3.47. The van der Waals surface area contributed by atoms with E-state index in [9.17, 15) is 14.0 Å². The van der Waals surface area contributed by atoms with Crippen LogP contribution >= 0.6 is 0 Å². The summed E-state index contributed by atoms with van der Waals surface area (Å²) in [6.45, 7) is 3.31. The molecule has 22 heavy (non-hydrogen) atoms. The van der Waals surface area contributed by atoms with Crippen LogP contribution < -0.4 is 10.6 Å². The predicted molar refractivity (Wildman–Crippen MR) is 85.0 cm³/mol. The monoisotopic (exact) mass is 302 g/mol. The molecule has 5 heteroatoms. The fourth-order valence-electron chi connectivity index (χ4n) is 2.36. The van der Waals surface area contributed by atoms with Crippen molar-refractivity contribution >= 4 is 23.2 Å². The van der Waals surface area contributed by atoms with Gasteiger partial charge in [-0.3, -0.25) is 9.59 Å². The highest BCUT2D eigenvalue weighted by Gasteiger charge is 2.11. The van der Waals surface area contributed by atoms with Crippen LogP contribution in [0.15, 0.2) is 42.5 Å². The van der Waals surface area contributed by atoms with Crippen LogP contribution in [0, 0.1) is 5.82 Å². The zero-order chi connectivity index (χ0) is 15.9. The number of rotatable bonds is 5. The number of carbonyl (C=O) groups excluding carboxylic acids is 2. The summed E-state index contributed by atoms with van der Waals surface area (Å²) in [7, 11) is 0. The molecule has 116 valence electrons. The molecule has 2 N–H and O–H groups in total. The van der Waals surface area contributed by atoms with Gasteiger partial charge in [0.1, 0.15) is 5.82 Å². The number of anilines is 2. The smallest absolute Gasteiger partial charge is 0.247 e. The molecule has 0 saturated carbocycles. The molecule has 0 spiro atoms. The molecule has 0 fully saturated rings. The number of benzene rings is 1. The minimum absolute atomic E-state index is 0.0135. The lowest BCUT2D eigenvalue weighted by Crippen LogP contribution is -2.14. The van der Waals surface area contributed by atoms with E-state index in [2.05, 4.69) is 23.3 Å². The molecule has 0 atom stereocenters. The third kappa shape index (κ3) is 4.55. The van der Waals surface area contributed by atoms with Crippen molar-refractivity contribution in [2.45, 2.75) is 32.1 Å². The zero-order valence-electron chi connectivity index (χ0n) is 12.3.